The van der Waals surface area contributed by atoms with Crippen LogP contribution in [0.1, 0.15) is 31.5 Å². The molecule has 0 spiro atoms. The maximum Gasteiger partial charge on any atom is 0.433 e. The summed E-state index contributed by atoms with van der Waals surface area (Å²) in [6.07, 6.45) is -2.37. The van der Waals surface area contributed by atoms with E-state index in [1.165, 1.54) is 38.2 Å². The number of nitrogens with zero attached hydrogens (tertiary/aromatic N) is 2. The predicted octanol–water partition coefficient (Wildman–Crippen LogP) is 5.01. The summed E-state index contributed by atoms with van der Waals surface area (Å²) < 4.78 is 56.7. The number of aromatic amines is 1. The Morgan fingerprint density at radius 1 is 1.20 bits per heavy atom. The van der Waals surface area contributed by atoms with Crippen LogP contribution in [0.25, 0.3) is 22.4 Å². The number of aryl methyl sites for hydroxylation is 1. The van der Waals surface area contributed by atoms with Crippen LogP contribution in [-0.4, -0.2) is 30.6 Å². The Kier molecular flexibility index (Phi) is 5.99. The van der Waals surface area contributed by atoms with Crippen LogP contribution in [0.3, 0.4) is 0 Å². The van der Waals surface area contributed by atoms with E-state index in [4.69, 9.17) is 11.6 Å². The highest BCUT2D eigenvalue weighted by atomic mass is 35.5. The van der Waals surface area contributed by atoms with Gasteiger partial charge in [-0.1, -0.05) is 17.7 Å². The number of hydrogen-bond acceptors (Lipinski definition) is 3. The van der Waals surface area contributed by atoms with Gasteiger partial charge in [-0.05, 0) is 32.4 Å². The minimum atomic E-state index is -4.75. The number of benzene rings is 1. The van der Waals surface area contributed by atoms with Crippen molar-refractivity contribution in [3.05, 3.63) is 52.7 Å². The molecule has 0 saturated carbocycles. The van der Waals surface area contributed by atoms with Gasteiger partial charge in [-0.15, -0.1) is 0 Å². The first kappa shape index (κ1) is 22.3. The quantitative estimate of drug-likeness (QED) is 0.467. The molecule has 3 N–H and O–H groups in total. The molecule has 30 heavy (non-hydrogen) atoms. The third-order valence-electron chi connectivity index (χ3n) is 4.69. The molecule has 3 aromatic rings. The molecule has 0 aliphatic rings. The molecular weight excluding hydrogens is 426 g/mol. The molecule has 0 fully saturated rings. The number of H-pyrrole nitrogens is 1. The Labute approximate surface area is 174 Å². The Balaban J connectivity index is 2.15. The molecule has 0 amide bonds. The number of aliphatic hydroxyl groups is 2. The van der Waals surface area contributed by atoms with Crippen LogP contribution in [0.5, 0.6) is 0 Å². The molecule has 0 saturated heterocycles. The normalized spacial score (nSPS) is 12.6. The lowest BCUT2D eigenvalue weighted by molar-refractivity contribution is -0.144. The molecule has 2 heterocycles. The van der Waals surface area contributed by atoms with Gasteiger partial charge < -0.3 is 15.2 Å². The zero-order valence-electron chi connectivity index (χ0n) is 16.2. The van der Waals surface area contributed by atoms with E-state index < -0.39 is 29.9 Å². The fourth-order valence-corrected chi connectivity index (χ4v) is 3.52. The van der Waals surface area contributed by atoms with E-state index in [9.17, 15) is 27.8 Å². The van der Waals surface area contributed by atoms with Crippen LogP contribution in [0.4, 0.5) is 17.6 Å². The van der Waals surface area contributed by atoms with Crippen molar-refractivity contribution in [1.29, 1.82) is 0 Å². The molecule has 5 nitrogen and oxygen atoms in total. The molecule has 0 aliphatic heterocycles. The Morgan fingerprint density at radius 2 is 1.90 bits per heavy atom. The number of nitrogens with one attached hydrogen (secondary N) is 1. The lowest BCUT2D eigenvalue weighted by Crippen LogP contribution is -2.24. The molecule has 0 radical (unpaired) electrons. The monoisotopic (exact) mass is 445 g/mol. The van der Waals surface area contributed by atoms with Crippen LogP contribution in [-0.2, 0) is 19.3 Å². The van der Waals surface area contributed by atoms with Crippen LogP contribution < -0.4 is 0 Å². The summed E-state index contributed by atoms with van der Waals surface area (Å²) in [6, 6.07) is 4.02. The smallest absolute Gasteiger partial charge is 0.392 e. The first-order chi connectivity index (χ1) is 13.9. The van der Waals surface area contributed by atoms with E-state index in [1.807, 2.05) is 0 Å². The third kappa shape index (κ3) is 4.38. The standard InChI is InChI=1S/C20H20ClF4N3O2/c1-19(2,30)6-7-28-18(20(23,24)25)12(9-27-28)17-13(10-29)11(8-26-17)16-14(21)4-3-5-15(16)22/h3-5,8-9,26,29-30H,6-7,10H2,1-2H3. The van der Waals surface area contributed by atoms with Crippen molar-refractivity contribution in [3.8, 4) is 22.4 Å². The first-order valence-electron chi connectivity index (χ1n) is 9.05. The lowest BCUT2D eigenvalue weighted by Gasteiger charge is -2.19. The fraction of sp³-hybridized carbons (Fsp3) is 0.350. The van der Waals surface area contributed by atoms with E-state index in [-0.39, 0.29) is 45.9 Å². The fourth-order valence-electron chi connectivity index (χ4n) is 3.25. The average molecular weight is 446 g/mol. The SMILES string of the molecule is CC(C)(O)CCn1ncc(-c2[nH]cc(-c3c(F)cccc3Cl)c2CO)c1C(F)(F)F. The highest BCUT2D eigenvalue weighted by Crippen LogP contribution is 2.42. The van der Waals surface area contributed by atoms with Crippen molar-refractivity contribution >= 4 is 11.6 Å². The van der Waals surface area contributed by atoms with Crippen molar-refractivity contribution < 1.29 is 27.8 Å². The topological polar surface area (TPSA) is 74.1 Å². The predicted molar refractivity (Wildman–Crippen MR) is 104 cm³/mol. The summed E-state index contributed by atoms with van der Waals surface area (Å²) in [5, 5.41) is 23.6. The highest BCUT2D eigenvalue weighted by molar-refractivity contribution is 6.33. The second kappa shape index (κ2) is 8.05. The van der Waals surface area contributed by atoms with Crippen molar-refractivity contribution in [1.82, 2.24) is 14.8 Å². The van der Waals surface area contributed by atoms with Gasteiger partial charge in [0.15, 0.2) is 5.69 Å². The molecule has 3 rings (SSSR count). The van der Waals surface area contributed by atoms with E-state index in [2.05, 4.69) is 10.1 Å². The summed E-state index contributed by atoms with van der Waals surface area (Å²) in [5.41, 5.74) is -2.33. The third-order valence-corrected chi connectivity index (χ3v) is 5.01. The van der Waals surface area contributed by atoms with E-state index >= 15 is 0 Å². The Hall–Kier alpha value is -2.36. The number of aliphatic hydroxyl groups excluding tert-OH is 1. The number of halogens is 5. The molecular formula is C20H20ClF4N3O2. The van der Waals surface area contributed by atoms with Gasteiger partial charge >= 0.3 is 6.18 Å². The molecule has 0 atom stereocenters. The van der Waals surface area contributed by atoms with E-state index in [0.717, 1.165) is 10.9 Å². The van der Waals surface area contributed by atoms with Crippen LogP contribution in [0.15, 0.2) is 30.6 Å². The number of alkyl halides is 3. The molecule has 2 aromatic heterocycles. The summed E-state index contributed by atoms with van der Waals surface area (Å²) in [5.74, 6) is -0.667. The van der Waals surface area contributed by atoms with Crippen LogP contribution in [0, 0.1) is 5.82 Å². The van der Waals surface area contributed by atoms with Crippen molar-refractivity contribution in [3.63, 3.8) is 0 Å². The summed E-state index contributed by atoms with van der Waals surface area (Å²) >= 11 is 6.08. The maximum absolute atomic E-state index is 14.3. The Bertz CT molecular complexity index is 1030. The van der Waals surface area contributed by atoms with Gasteiger partial charge in [-0.25, -0.2) is 4.39 Å². The van der Waals surface area contributed by atoms with E-state index in [1.54, 1.807) is 0 Å². The van der Waals surface area contributed by atoms with Crippen molar-refractivity contribution in [2.45, 2.75) is 45.2 Å². The molecule has 0 bridgehead atoms. The second-order valence-corrected chi connectivity index (χ2v) is 7.91. The van der Waals surface area contributed by atoms with Crippen LogP contribution in [0.2, 0.25) is 5.02 Å². The molecule has 0 unspecified atom stereocenters. The molecule has 10 heteroatoms. The summed E-state index contributed by atoms with van der Waals surface area (Å²) in [6.45, 7) is 2.17. The number of hydrogen-bond donors (Lipinski definition) is 3. The largest absolute Gasteiger partial charge is 0.433 e. The van der Waals surface area contributed by atoms with Gasteiger partial charge in [0.05, 0.1) is 29.1 Å². The lowest BCUT2D eigenvalue weighted by atomic mass is 10.00. The van der Waals surface area contributed by atoms with E-state index in [0.29, 0.717) is 0 Å². The molecule has 162 valence electrons. The van der Waals surface area contributed by atoms with Crippen molar-refractivity contribution in [2.24, 2.45) is 0 Å². The van der Waals surface area contributed by atoms with Gasteiger partial charge in [0.1, 0.15) is 5.82 Å². The second-order valence-electron chi connectivity index (χ2n) is 7.50. The number of aromatic nitrogens is 3. The minimum Gasteiger partial charge on any atom is -0.392 e. The van der Waals surface area contributed by atoms with Gasteiger partial charge in [-0.3, -0.25) is 4.68 Å². The zero-order valence-corrected chi connectivity index (χ0v) is 16.9. The molecule has 1 aromatic carbocycles. The Morgan fingerprint density at radius 3 is 2.47 bits per heavy atom. The number of rotatable bonds is 6. The minimum absolute atomic E-state index is 0.0197. The van der Waals surface area contributed by atoms with Gasteiger partial charge in [-0.2, -0.15) is 18.3 Å². The van der Waals surface area contributed by atoms with Gasteiger partial charge in [0.25, 0.3) is 0 Å². The average Bonchev–Trinajstić information content (AvgIpc) is 3.22. The highest BCUT2D eigenvalue weighted by Gasteiger charge is 2.39. The van der Waals surface area contributed by atoms with Crippen LogP contribution >= 0.6 is 11.6 Å². The van der Waals surface area contributed by atoms with Crippen molar-refractivity contribution in [2.75, 3.05) is 0 Å². The molecule has 0 aliphatic carbocycles. The summed E-state index contributed by atoms with van der Waals surface area (Å²) in [4.78, 5) is 2.70. The van der Waals surface area contributed by atoms with Gasteiger partial charge in [0.2, 0.25) is 0 Å². The first-order valence-corrected chi connectivity index (χ1v) is 9.43. The summed E-state index contributed by atoms with van der Waals surface area (Å²) in [7, 11) is 0. The zero-order chi connectivity index (χ0) is 22.3. The maximum atomic E-state index is 14.3. The van der Waals surface area contributed by atoms with Gasteiger partial charge in [0, 0.05) is 35.0 Å².